The Labute approximate surface area is 124 Å². The van der Waals surface area contributed by atoms with Gasteiger partial charge in [0.25, 0.3) is 5.91 Å². The van der Waals surface area contributed by atoms with E-state index in [-0.39, 0.29) is 5.91 Å². The highest BCUT2D eigenvalue weighted by Crippen LogP contribution is 2.27. The number of hydrogen-bond acceptors (Lipinski definition) is 3. The molecule has 0 spiro atoms. The van der Waals surface area contributed by atoms with E-state index >= 15 is 0 Å². The van der Waals surface area contributed by atoms with Crippen molar-refractivity contribution in [3.8, 4) is 0 Å². The van der Waals surface area contributed by atoms with Gasteiger partial charge in [-0.25, -0.2) is 0 Å². The minimum absolute atomic E-state index is 0.0288. The van der Waals surface area contributed by atoms with Gasteiger partial charge in [-0.15, -0.1) is 0 Å². The van der Waals surface area contributed by atoms with Crippen LogP contribution in [0.1, 0.15) is 6.92 Å². The molecular formula is C17H20N2O2. The molecule has 1 aliphatic heterocycles. The van der Waals surface area contributed by atoms with Crippen LogP contribution in [0.2, 0.25) is 0 Å². The quantitative estimate of drug-likeness (QED) is 0.939. The third kappa shape index (κ3) is 2.77. The standard InChI is InChI=1S/C17H20N2O2/c1-2-19(17(20)16-12-18-10-11-21-16)15-9-5-7-13-6-3-4-8-14(13)15/h3-9,16,18H,2,10-12H2,1H3. The number of morpholine rings is 1. The molecule has 0 saturated carbocycles. The first-order valence-corrected chi connectivity index (χ1v) is 7.42. The summed E-state index contributed by atoms with van der Waals surface area (Å²) < 4.78 is 5.60. The lowest BCUT2D eigenvalue weighted by Crippen LogP contribution is -2.49. The molecule has 4 nitrogen and oxygen atoms in total. The number of rotatable bonds is 3. The van der Waals surface area contributed by atoms with Crippen molar-refractivity contribution >= 4 is 22.4 Å². The normalized spacial score (nSPS) is 18.6. The smallest absolute Gasteiger partial charge is 0.257 e. The summed E-state index contributed by atoms with van der Waals surface area (Å²) in [6.07, 6.45) is -0.391. The number of carbonyl (C=O) groups excluding carboxylic acids is 1. The maximum absolute atomic E-state index is 12.7. The first-order valence-electron chi connectivity index (χ1n) is 7.42. The van der Waals surface area contributed by atoms with E-state index in [1.807, 2.05) is 36.1 Å². The summed E-state index contributed by atoms with van der Waals surface area (Å²) in [5.41, 5.74) is 0.953. The predicted octanol–water partition coefficient (Wildman–Crippen LogP) is 2.18. The number of likely N-dealkylation sites (N-methyl/N-ethyl adjacent to an activating group) is 1. The van der Waals surface area contributed by atoms with Crippen molar-refractivity contribution in [1.29, 1.82) is 0 Å². The highest BCUT2D eigenvalue weighted by Gasteiger charge is 2.27. The summed E-state index contributed by atoms with van der Waals surface area (Å²) in [4.78, 5) is 14.6. The first-order chi connectivity index (χ1) is 10.3. The Hall–Kier alpha value is -1.91. The van der Waals surface area contributed by atoms with E-state index in [2.05, 4.69) is 23.5 Å². The van der Waals surface area contributed by atoms with Crippen LogP contribution in [0.3, 0.4) is 0 Å². The molecule has 110 valence electrons. The van der Waals surface area contributed by atoms with Gasteiger partial charge in [0.1, 0.15) is 6.10 Å². The molecule has 0 aliphatic carbocycles. The summed E-state index contributed by atoms with van der Waals surface area (Å²) in [6.45, 7) is 4.61. The molecule has 1 atom stereocenters. The molecule has 1 unspecified atom stereocenters. The molecule has 0 radical (unpaired) electrons. The van der Waals surface area contributed by atoms with Crippen LogP contribution in [0.25, 0.3) is 10.8 Å². The van der Waals surface area contributed by atoms with Crippen LogP contribution >= 0.6 is 0 Å². The number of amides is 1. The van der Waals surface area contributed by atoms with Crippen molar-refractivity contribution in [2.24, 2.45) is 0 Å². The molecule has 1 N–H and O–H groups in total. The number of ether oxygens (including phenoxy) is 1. The fourth-order valence-corrected chi connectivity index (χ4v) is 2.79. The fourth-order valence-electron chi connectivity index (χ4n) is 2.79. The maximum atomic E-state index is 12.7. The zero-order valence-corrected chi connectivity index (χ0v) is 12.2. The number of fused-ring (bicyclic) bond motifs is 1. The average molecular weight is 284 g/mol. The lowest BCUT2D eigenvalue weighted by molar-refractivity contribution is -0.131. The van der Waals surface area contributed by atoms with Gasteiger partial charge in [-0.2, -0.15) is 0 Å². The van der Waals surface area contributed by atoms with Crippen LogP contribution in [-0.4, -0.2) is 38.3 Å². The van der Waals surface area contributed by atoms with E-state index in [1.54, 1.807) is 0 Å². The molecule has 21 heavy (non-hydrogen) atoms. The van der Waals surface area contributed by atoms with Gasteiger partial charge in [-0.1, -0.05) is 36.4 Å². The van der Waals surface area contributed by atoms with Gasteiger partial charge < -0.3 is 15.0 Å². The van der Waals surface area contributed by atoms with Crippen molar-refractivity contribution in [3.05, 3.63) is 42.5 Å². The van der Waals surface area contributed by atoms with Crippen LogP contribution in [0.5, 0.6) is 0 Å². The van der Waals surface area contributed by atoms with Crippen molar-refractivity contribution in [2.45, 2.75) is 13.0 Å². The van der Waals surface area contributed by atoms with E-state index < -0.39 is 6.10 Å². The summed E-state index contributed by atoms with van der Waals surface area (Å²) >= 11 is 0. The summed E-state index contributed by atoms with van der Waals surface area (Å²) in [5.74, 6) is 0.0288. The summed E-state index contributed by atoms with van der Waals surface area (Å²) in [7, 11) is 0. The van der Waals surface area contributed by atoms with E-state index in [9.17, 15) is 4.79 Å². The van der Waals surface area contributed by atoms with Gasteiger partial charge in [0, 0.05) is 25.0 Å². The Bertz CT molecular complexity index is 630. The highest BCUT2D eigenvalue weighted by atomic mass is 16.5. The van der Waals surface area contributed by atoms with Gasteiger partial charge in [0.15, 0.2) is 0 Å². The highest BCUT2D eigenvalue weighted by molar-refractivity contribution is 6.05. The Morgan fingerprint density at radius 2 is 2.10 bits per heavy atom. The van der Waals surface area contributed by atoms with E-state index in [4.69, 9.17) is 4.74 Å². The predicted molar refractivity (Wildman–Crippen MR) is 84.6 cm³/mol. The average Bonchev–Trinajstić information content (AvgIpc) is 2.56. The summed E-state index contributed by atoms with van der Waals surface area (Å²) in [5, 5.41) is 5.45. The lowest BCUT2D eigenvalue weighted by atomic mass is 10.1. The Kier molecular flexibility index (Phi) is 4.18. The number of nitrogens with zero attached hydrogens (tertiary/aromatic N) is 1. The van der Waals surface area contributed by atoms with Gasteiger partial charge in [-0.05, 0) is 18.4 Å². The summed E-state index contributed by atoms with van der Waals surface area (Å²) in [6, 6.07) is 14.2. The van der Waals surface area contributed by atoms with Gasteiger partial charge in [-0.3, -0.25) is 4.79 Å². The number of nitrogens with one attached hydrogen (secondary N) is 1. The van der Waals surface area contributed by atoms with Gasteiger partial charge in [0.05, 0.1) is 12.3 Å². The maximum Gasteiger partial charge on any atom is 0.257 e. The first kappa shape index (κ1) is 14.0. The van der Waals surface area contributed by atoms with Crippen LogP contribution in [0.4, 0.5) is 5.69 Å². The number of carbonyl (C=O) groups is 1. The van der Waals surface area contributed by atoms with Gasteiger partial charge >= 0.3 is 0 Å². The van der Waals surface area contributed by atoms with Crippen LogP contribution in [-0.2, 0) is 9.53 Å². The molecular weight excluding hydrogens is 264 g/mol. The molecule has 3 rings (SSSR count). The molecule has 1 amide bonds. The van der Waals surface area contributed by atoms with Crippen molar-refractivity contribution in [3.63, 3.8) is 0 Å². The van der Waals surface area contributed by atoms with Gasteiger partial charge in [0.2, 0.25) is 0 Å². The van der Waals surface area contributed by atoms with E-state index in [1.165, 1.54) is 0 Å². The molecule has 0 aromatic heterocycles. The third-order valence-corrected chi connectivity index (χ3v) is 3.84. The molecule has 0 bridgehead atoms. The Balaban J connectivity index is 1.96. The molecule has 2 aromatic rings. The molecule has 1 saturated heterocycles. The molecule has 1 aliphatic rings. The molecule has 1 fully saturated rings. The van der Waals surface area contributed by atoms with Crippen molar-refractivity contribution < 1.29 is 9.53 Å². The minimum atomic E-state index is -0.391. The second-order valence-corrected chi connectivity index (χ2v) is 5.14. The molecule has 1 heterocycles. The van der Waals surface area contributed by atoms with Crippen LogP contribution in [0, 0.1) is 0 Å². The van der Waals surface area contributed by atoms with Crippen molar-refractivity contribution in [1.82, 2.24) is 5.32 Å². The Morgan fingerprint density at radius 3 is 2.86 bits per heavy atom. The van der Waals surface area contributed by atoms with E-state index in [0.717, 1.165) is 23.0 Å². The van der Waals surface area contributed by atoms with Crippen LogP contribution in [0.15, 0.2) is 42.5 Å². The topological polar surface area (TPSA) is 41.6 Å². The fraction of sp³-hybridized carbons (Fsp3) is 0.353. The van der Waals surface area contributed by atoms with Crippen LogP contribution < -0.4 is 10.2 Å². The monoisotopic (exact) mass is 284 g/mol. The molecule has 2 aromatic carbocycles. The number of anilines is 1. The second-order valence-electron chi connectivity index (χ2n) is 5.14. The zero-order chi connectivity index (χ0) is 14.7. The number of hydrogen-bond donors (Lipinski definition) is 1. The largest absolute Gasteiger partial charge is 0.366 e. The Morgan fingerprint density at radius 1 is 1.29 bits per heavy atom. The van der Waals surface area contributed by atoms with Crippen molar-refractivity contribution in [2.75, 3.05) is 31.1 Å². The second kappa shape index (κ2) is 6.24. The van der Waals surface area contributed by atoms with E-state index in [0.29, 0.717) is 19.7 Å². The third-order valence-electron chi connectivity index (χ3n) is 3.84. The lowest BCUT2D eigenvalue weighted by Gasteiger charge is -2.29. The number of benzene rings is 2. The molecule has 4 heteroatoms. The SMILES string of the molecule is CCN(C(=O)C1CNCCO1)c1cccc2ccccc12. The zero-order valence-electron chi connectivity index (χ0n) is 12.2. The minimum Gasteiger partial charge on any atom is -0.366 e.